The van der Waals surface area contributed by atoms with E-state index in [0.29, 0.717) is 38.6 Å². The molecular formula is C22H23N3O2S. The number of para-hydroxylation sites is 1. The van der Waals surface area contributed by atoms with E-state index in [0.717, 1.165) is 17.3 Å². The predicted octanol–water partition coefficient (Wildman–Crippen LogP) is 3.18. The number of piperazine rings is 1. The Morgan fingerprint density at radius 1 is 0.964 bits per heavy atom. The Hall–Kier alpha value is -2.60. The van der Waals surface area contributed by atoms with Crippen LogP contribution in [0.15, 0.2) is 54.0 Å². The largest absolute Gasteiger partial charge is 0.339 e. The monoisotopic (exact) mass is 393 g/mol. The Bertz CT molecular complexity index is 1000. The Morgan fingerprint density at radius 2 is 1.75 bits per heavy atom. The highest BCUT2D eigenvalue weighted by Gasteiger charge is 2.46. The fourth-order valence-electron chi connectivity index (χ4n) is 4.22. The molecule has 144 valence electrons. The van der Waals surface area contributed by atoms with Crippen molar-refractivity contribution >= 4 is 34.1 Å². The topological polar surface area (TPSA) is 45.6 Å². The van der Waals surface area contributed by atoms with Crippen molar-refractivity contribution in [3.63, 3.8) is 0 Å². The zero-order chi connectivity index (χ0) is 19.1. The molecule has 2 fully saturated rings. The summed E-state index contributed by atoms with van der Waals surface area (Å²) in [6, 6.07) is 14.3. The van der Waals surface area contributed by atoms with E-state index in [1.54, 1.807) is 11.3 Å². The van der Waals surface area contributed by atoms with Gasteiger partial charge in [-0.1, -0.05) is 24.3 Å². The van der Waals surface area contributed by atoms with Crippen LogP contribution >= 0.6 is 11.3 Å². The van der Waals surface area contributed by atoms with E-state index in [4.69, 9.17) is 0 Å². The maximum absolute atomic E-state index is 12.8. The lowest BCUT2D eigenvalue weighted by molar-refractivity contribution is -0.140. The molecule has 28 heavy (non-hydrogen) atoms. The SMILES string of the molecule is O=C(Cn1ccc2ccccc21)N1CCN(C(=O)[C@@H]2C[C@@H]2c2cccs2)CC1. The first kappa shape index (κ1) is 17.5. The zero-order valence-corrected chi connectivity index (χ0v) is 16.5. The molecule has 1 saturated heterocycles. The molecule has 0 unspecified atom stereocenters. The molecule has 1 aliphatic carbocycles. The summed E-state index contributed by atoms with van der Waals surface area (Å²) in [5, 5.41) is 3.23. The van der Waals surface area contributed by atoms with Gasteiger partial charge in [0.1, 0.15) is 6.54 Å². The van der Waals surface area contributed by atoms with Gasteiger partial charge in [0.25, 0.3) is 0 Å². The Kier molecular flexibility index (Phi) is 4.43. The first-order chi connectivity index (χ1) is 13.7. The average molecular weight is 394 g/mol. The van der Waals surface area contributed by atoms with E-state index in [1.807, 2.05) is 44.8 Å². The minimum absolute atomic E-state index is 0.122. The molecule has 0 N–H and O–H groups in total. The summed E-state index contributed by atoms with van der Waals surface area (Å²) in [6.45, 7) is 2.89. The molecule has 3 heterocycles. The highest BCUT2D eigenvalue weighted by atomic mass is 32.1. The van der Waals surface area contributed by atoms with Gasteiger partial charge in [-0.25, -0.2) is 0 Å². The van der Waals surface area contributed by atoms with Crippen LogP contribution < -0.4 is 0 Å². The second-order valence-corrected chi connectivity index (χ2v) is 8.65. The van der Waals surface area contributed by atoms with E-state index >= 15 is 0 Å². The number of fused-ring (bicyclic) bond motifs is 1. The molecule has 2 atom stereocenters. The number of benzene rings is 1. The third-order valence-corrected chi connectivity index (χ3v) is 6.95. The van der Waals surface area contributed by atoms with Gasteiger partial charge in [-0.3, -0.25) is 9.59 Å². The van der Waals surface area contributed by atoms with Crippen LogP contribution in [-0.2, 0) is 16.1 Å². The lowest BCUT2D eigenvalue weighted by atomic mass is 10.2. The van der Waals surface area contributed by atoms with Crippen LogP contribution in [0, 0.1) is 5.92 Å². The second-order valence-electron chi connectivity index (χ2n) is 7.67. The summed E-state index contributed by atoms with van der Waals surface area (Å²) in [4.78, 5) is 30.7. The van der Waals surface area contributed by atoms with Gasteiger partial charge >= 0.3 is 0 Å². The summed E-state index contributed by atoms with van der Waals surface area (Å²) in [7, 11) is 0. The van der Waals surface area contributed by atoms with Crippen LogP contribution in [0.1, 0.15) is 17.2 Å². The van der Waals surface area contributed by atoms with Crippen LogP contribution in [0.2, 0.25) is 0 Å². The standard InChI is InChI=1S/C22H23N3O2S/c26-21(15-25-8-7-16-4-1-2-5-19(16)25)23-9-11-24(12-10-23)22(27)18-14-17(18)20-6-3-13-28-20/h1-8,13,17-18H,9-12,14-15H2/t17-,18+/m0/s1. The van der Waals surface area contributed by atoms with Gasteiger partial charge in [0, 0.05) is 54.6 Å². The van der Waals surface area contributed by atoms with E-state index in [9.17, 15) is 9.59 Å². The first-order valence-electron chi connectivity index (χ1n) is 9.84. The van der Waals surface area contributed by atoms with E-state index in [1.165, 1.54) is 4.88 Å². The maximum atomic E-state index is 12.8. The van der Waals surface area contributed by atoms with Gasteiger partial charge in [-0.05, 0) is 35.4 Å². The van der Waals surface area contributed by atoms with Gasteiger partial charge in [0.15, 0.2) is 0 Å². The molecule has 2 aliphatic rings. The molecule has 1 aromatic carbocycles. The fourth-order valence-corrected chi connectivity index (χ4v) is 5.13. The molecule has 1 aliphatic heterocycles. The number of carbonyl (C=O) groups is 2. The van der Waals surface area contributed by atoms with Gasteiger partial charge in [0.05, 0.1) is 0 Å². The van der Waals surface area contributed by atoms with Crippen LogP contribution in [0.3, 0.4) is 0 Å². The highest BCUT2D eigenvalue weighted by molar-refractivity contribution is 7.10. The Balaban J connectivity index is 1.16. The number of carbonyl (C=O) groups excluding carboxylic acids is 2. The number of hydrogen-bond acceptors (Lipinski definition) is 3. The smallest absolute Gasteiger partial charge is 0.242 e. The van der Waals surface area contributed by atoms with Crippen molar-refractivity contribution in [1.82, 2.24) is 14.4 Å². The normalized spacial score (nSPS) is 21.9. The number of hydrogen-bond donors (Lipinski definition) is 0. The number of nitrogens with zero attached hydrogens (tertiary/aromatic N) is 3. The van der Waals surface area contributed by atoms with Crippen molar-refractivity contribution in [2.24, 2.45) is 5.92 Å². The summed E-state index contributed by atoms with van der Waals surface area (Å²) in [6.07, 6.45) is 2.94. The molecule has 0 bridgehead atoms. The van der Waals surface area contributed by atoms with Crippen LogP contribution in [-0.4, -0.2) is 52.4 Å². The molecular weight excluding hydrogens is 370 g/mol. The summed E-state index contributed by atoms with van der Waals surface area (Å²) >= 11 is 1.74. The van der Waals surface area contributed by atoms with E-state index in [2.05, 4.69) is 23.6 Å². The quantitative estimate of drug-likeness (QED) is 0.683. The third-order valence-electron chi connectivity index (χ3n) is 5.95. The average Bonchev–Trinajstić information content (AvgIpc) is 3.14. The molecule has 2 amide bonds. The second kappa shape index (κ2) is 7.09. The minimum atomic E-state index is 0.122. The third kappa shape index (κ3) is 3.22. The van der Waals surface area contributed by atoms with Gasteiger partial charge < -0.3 is 14.4 Å². The van der Waals surface area contributed by atoms with Crippen LogP contribution in [0.5, 0.6) is 0 Å². The molecule has 1 saturated carbocycles. The molecule has 5 rings (SSSR count). The van der Waals surface area contributed by atoms with Crippen molar-refractivity contribution in [3.8, 4) is 0 Å². The van der Waals surface area contributed by atoms with Crippen LogP contribution in [0.25, 0.3) is 10.9 Å². The van der Waals surface area contributed by atoms with Crippen molar-refractivity contribution in [3.05, 3.63) is 58.9 Å². The summed E-state index contributed by atoms with van der Waals surface area (Å²) < 4.78 is 2.00. The van der Waals surface area contributed by atoms with Crippen LogP contribution in [0.4, 0.5) is 0 Å². The van der Waals surface area contributed by atoms with E-state index < -0.39 is 0 Å². The molecule has 0 spiro atoms. The van der Waals surface area contributed by atoms with Gasteiger partial charge in [-0.15, -0.1) is 11.3 Å². The molecule has 6 heteroatoms. The molecule has 2 aromatic heterocycles. The number of amides is 2. The van der Waals surface area contributed by atoms with E-state index in [-0.39, 0.29) is 17.7 Å². The molecule has 0 radical (unpaired) electrons. The lowest BCUT2D eigenvalue weighted by Crippen LogP contribution is -2.51. The van der Waals surface area contributed by atoms with Gasteiger partial charge in [0.2, 0.25) is 11.8 Å². The number of aromatic nitrogens is 1. The fraction of sp³-hybridized carbons (Fsp3) is 0.364. The zero-order valence-electron chi connectivity index (χ0n) is 15.7. The van der Waals surface area contributed by atoms with Crippen molar-refractivity contribution in [1.29, 1.82) is 0 Å². The predicted molar refractivity (Wildman–Crippen MR) is 110 cm³/mol. The number of rotatable bonds is 4. The first-order valence-corrected chi connectivity index (χ1v) is 10.7. The summed E-state index contributed by atoms with van der Waals surface area (Å²) in [5.74, 6) is 0.944. The Morgan fingerprint density at radius 3 is 2.54 bits per heavy atom. The van der Waals surface area contributed by atoms with Crippen molar-refractivity contribution < 1.29 is 9.59 Å². The van der Waals surface area contributed by atoms with Gasteiger partial charge in [-0.2, -0.15) is 0 Å². The molecule has 5 nitrogen and oxygen atoms in total. The minimum Gasteiger partial charge on any atom is -0.339 e. The van der Waals surface area contributed by atoms with Crippen molar-refractivity contribution in [2.45, 2.75) is 18.9 Å². The highest BCUT2D eigenvalue weighted by Crippen LogP contribution is 2.50. The maximum Gasteiger partial charge on any atom is 0.242 e. The lowest BCUT2D eigenvalue weighted by Gasteiger charge is -2.35. The van der Waals surface area contributed by atoms with Crippen molar-refractivity contribution in [2.75, 3.05) is 26.2 Å². The Labute approximate surface area is 168 Å². The molecule has 3 aromatic rings. The summed E-state index contributed by atoms with van der Waals surface area (Å²) in [5.41, 5.74) is 1.08. The number of thiophene rings is 1.